The number of methoxy groups -OCH3 is 1. The zero-order valence-corrected chi connectivity index (χ0v) is 16.9. The molecule has 0 radical (unpaired) electrons. The van der Waals surface area contributed by atoms with Gasteiger partial charge in [0.1, 0.15) is 12.4 Å². The molecule has 146 valence electrons. The number of thioether (sulfide) groups is 1. The minimum atomic E-state index is 0.141. The Morgan fingerprint density at radius 3 is 2.78 bits per heavy atom. The predicted octanol–water partition coefficient (Wildman–Crippen LogP) is 2.97. The van der Waals surface area contributed by atoms with Crippen LogP contribution in [-0.4, -0.2) is 53.3 Å². The van der Waals surface area contributed by atoms with Gasteiger partial charge in [0, 0.05) is 5.69 Å². The number of ether oxygens (including phenoxy) is 2. The lowest BCUT2D eigenvalue weighted by molar-refractivity contribution is 0.149. The molecule has 1 saturated heterocycles. The predicted molar refractivity (Wildman–Crippen MR) is 109 cm³/mol. The average Bonchev–Trinajstić information content (AvgIpc) is 2.69. The summed E-state index contributed by atoms with van der Waals surface area (Å²) < 4.78 is 11.6. The fourth-order valence-corrected chi connectivity index (χ4v) is 3.42. The first kappa shape index (κ1) is 19.7. The molecule has 0 saturated carbocycles. The molecule has 1 aliphatic heterocycles. The maximum Gasteiger partial charge on any atom is 0.262 e. The molecule has 2 aromatic rings. The number of pyridine rings is 1. The summed E-state index contributed by atoms with van der Waals surface area (Å²) in [5.74, 6) is 2.64. The average molecular weight is 390 g/mol. The molecule has 7 nitrogen and oxygen atoms in total. The third-order valence-corrected chi connectivity index (χ3v) is 5.11. The monoisotopic (exact) mass is 389 g/mol. The summed E-state index contributed by atoms with van der Waals surface area (Å²) in [5.41, 5.74) is 2.92. The van der Waals surface area contributed by atoms with Gasteiger partial charge >= 0.3 is 0 Å². The van der Waals surface area contributed by atoms with E-state index in [0.717, 1.165) is 55.2 Å². The van der Waals surface area contributed by atoms with Gasteiger partial charge in [0.2, 0.25) is 5.75 Å². The second kappa shape index (κ2) is 9.75. The topological polar surface area (TPSA) is 81.2 Å². The van der Waals surface area contributed by atoms with Crippen LogP contribution in [0.25, 0.3) is 0 Å². The number of piperidine rings is 1. The normalized spacial score (nSPS) is 14.8. The summed E-state index contributed by atoms with van der Waals surface area (Å²) in [5, 5.41) is 6.65. The molecule has 1 fully saturated rings. The lowest BCUT2D eigenvalue weighted by Crippen LogP contribution is -2.34. The summed E-state index contributed by atoms with van der Waals surface area (Å²) in [7, 11) is 1.61. The van der Waals surface area contributed by atoms with Crippen molar-refractivity contribution in [1.82, 2.24) is 20.3 Å². The van der Waals surface area contributed by atoms with E-state index in [2.05, 4.69) is 31.8 Å². The molecule has 0 bridgehead atoms. The van der Waals surface area contributed by atoms with Crippen LogP contribution in [0.4, 0.5) is 11.5 Å². The van der Waals surface area contributed by atoms with E-state index in [1.54, 1.807) is 7.11 Å². The SMILES string of the molecule is COc1c(Nc2ccc(CCSC)nc2C)ncnc1OC1CCNCC1. The highest BCUT2D eigenvalue weighted by Gasteiger charge is 2.20. The highest BCUT2D eigenvalue weighted by atomic mass is 32.2. The first-order valence-electron chi connectivity index (χ1n) is 9.20. The van der Waals surface area contributed by atoms with Crippen molar-refractivity contribution in [3.05, 3.63) is 29.8 Å². The Kier molecular flexibility index (Phi) is 7.11. The molecule has 0 aromatic carbocycles. The number of anilines is 2. The van der Waals surface area contributed by atoms with Crippen molar-refractivity contribution < 1.29 is 9.47 Å². The largest absolute Gasteiger partial charge is 0.489 e. The number of nitrogens with zero attached hydrogens (tertiary/aromatic N) is 3. The number of rotatable bonds is 8. The Hall–Kier alpha value is -2.06. The van der Waals surface area contributed by atoms with Crippen LogP contribution < -0.4 is 20.1 Å². The summed E-state index contributed by atoms with van der Waals surface area (Å²) >= 11 is 1.82. The molecule has 0 atom stereocenters. The molecule has 2 N–H and O–H groups in total. The van der Waals surface area contributed by atoms with Crippen LogP contribution >= 0.6 is 11.8 Å². The van der Waals surface area contributed by atoms with E-state index in [-0.39, 0.29) is 6.10 Å². The van der Waals surface area contributed by atoms with E-state index in [4.69, 9.17) is 9.47 Å². The molecule has 1 aliphatic rings. The van der Waals surface area contributed by atoms with E-state index in [1.165, 1.54) is 6.33 Å². The van der Waals surface area contributed by atoms with Gasteiger partial charge in [-0.1, -0.05) is 0 Å². The number of nitrogens with one attached hydrogen (secondary N) is 2. The van der Waals surface area contributed by atoms with Gasteiger partial charge in [0.15, 0.2) is 5.82 Å². The van der Waals surface area contributed by atoms with E-state index in [9.17, 15) is 0 Å². The first-order chi connectivity index (χ1) is 13.2. The lowest BCUT2D eigenvalue weighted by atomic mass is 10.1. The van der Waals surface area contributed by atoms with Gasteiger partial charge in [-0.05, 0) is 63.4 Å². The third-order valence-electron chi connectivity index (χ3n) is 4.50. The summed E-state index contributed by atoms with van der Waals surface area (Å²) in [6, 6.07) is 4.08. The molecule has 8 heteroatoms. The van der Waals surface area contributed by atoms with Crippen LogP contribution in [0.1, 0.15) is 24.2 Å². The molecule has 0 amide bonds. The molecule has 2 aromatic heterocycles. The van der Waals surface area contributed by atoms with Crippen LogP contribution in [0.15, 0.2) is 18.5 Å². The third kappa shape index (κ3) is 5.23. The molecular formula is C19H27N5O2S. The summed E-state index contributed by atoms with van der Waals surface area (Å²) in [4.78, 5) is 13.3. The number of aromatic nitrogens is 3. The smallest absolute Gasteiger partial charge is 0.262 e. The molecule has 0 aliphatic carbocycles. The number of hydrogen-bond donors (Lipinski definition) is 2. The van der Waals surface area contributed by atoms with Crippen molar-refractivity contribution in [1.29, 1.82) is 0 Å². The highest BCUT2D eigenvalue weighted by molar-refractivity contribution is 7.98. The van der Waals surface area contributed by atoms with Crippen molar-refractivity contribution in [3.63, 3.8) is 0 Å². The van der Waals surface area contributed by atoms with Crippen molar-refractivity contribution >= 4 is 23.3 Å². The Morgan fingerprint density at radius 2 is 2.07 bits per heavy atom. The minimum Gasteiger partial charge on any atom is -0.489 e. The Balaban J connectivity index is 1.77. The Labute approximate surface area is 164 Å². The zero-order valence-electron chi connectivity index (χ0n) is 16.1. The van der Waals surface area contributed by atoms with Crippen LogP contribution in [0.5, 0.6) is 11.6 Å². The van der Waals surface area contributed by atoms with Gasteiger partial charge in [0.05, 0.1) is 18.5 Å². The van der Waals surface area contributed by atoms with E-state index in [0.29, 0.717) is 17.4 Å². The van der Waals surface area contributed by atoms with E-state index >= 15 is 0 Å². The highest BCUT2D eigenvalue weighted by Crippen LogP contribution is 2.34. The summed E-state index contributed by atoms with van der Waals surface area (Å²) in [6.07, 6.45) is 6.62. The molecular weight excluding hydrogens is 362 g/mol. The zero-order chi connectivity index (χ0) is 19.1. The van der Waals surface area contributed by atoms with E-state index in [1.807, 2.05) is 30.8 Å². The molecule has 3 heterocycles. The fourth-order valence-electron chi connectivity index (χ4n) is 3.00. The van der Waals surface area contributed by atoms with Gasteiger partial charge in [-0.15, -0.1) is 0 Å². The second-order valence-corrected chi connectivity index (χ2v) is 7.42. The summed E-state index contributed by atoms with van der Waals surface area (Å²) in [6.45, 7) is 3.90. The van der Waals surface area contributed by atoms with Crippen LogP contribution in [0.2, 0.25) is 0 Å². The van der Waals surface area contributed by atoms with Crippen molar-refractivity contribution in [2.24, 2.45) is 0 Å². The van der Waals surface area contributed by atoms with Gasteiger partial charge in [0.25, 0.3) is 5.88 Å². The standard InChI is InChI=1S/C19H27N5O2S/c1-13-16(5-4-14(23-13)8-11-27-3)24-18-17(25-2)19(22-12-21-18)26-15-6-9-20-10-7-15/h4-5,12,15,20H,6-11H2,1-3H3,(H,21,22,24). The van der Waals surface area contributed by atoms with E-state index < -0.39 is 0 Å². The molecule has 3 rings (SSSR count). The van der Waals surface area contributed by atoms with Crippen molar-refractivity contribution in [2.45, 2.75) is 32.3 Å². The van der Waals surface area contributed by atoms with Crippen molar-refractivity contribution in [3.8, 4) is 11.6 Å². The maximum atomic E-state index is 6.08. The second-order valence-electron chi connectivity index (χ2n) is 6.43. The van der Waals surface area contributed by atoms with Crippen molar-refractivity contribution in [2.75, 3.05) is 37.5 Å². The number of aryl methyl sites for hydroxylation is 2. The van der Waals surface area contributed by atoms with Gasteiger partial charge in [-0.3, -0.25) is 4.98 Å². The van der Waals surface area contributed by atoms with Crippen LogP contribution in [-0.2, 0) is 6.42 Å². The van der Waals surface area contributed by atoms with Crippen LogP contribution in [0.3, 0.4) is 0 Å². The Bertz CT molecular complexity index is 753. The van der Waals surface area contributed by atoms with Gasteiger partial charge in [-0.2, -0.15) is 16.7 Å². The molecule has 0 spiro atoms. The number of hydrogen-bond acceptors (Lipinski definition) is 8. The van der Waals surface area contributed by atoms with Gasteiger partial charge < -0.3 is 20.1 Å². The molecule has 27 heavy (non-hydrogen) atoms. The minimum absolute atomic E-state index is 0.141. The first-order valence-corrected chi connectivity index (χ1v) is 10.6. The lowest BCUT2D eigenvalue weighted by Gasteiger charge is -2.24. The maximum absolute atomic E-state index is 6.08. The Morgan fingerprint density at radius 1 is 1.26 bits per heavy atom. The molecule has 0 unspecified atom stereocenters. The fraction of sp³-hybridized carbons (Fsp3) is 0.526. The van der Waals surface area contributed by atoms with Crippen LogP contribution in [0, 0.1) is 6.92 Å². The quantitative estimate of drug-likeness (QED) is 0.713. The van der Waals surface area contributed by atoms with Gasteiger partial charge in [-0.25, -0.2) is 4.98 Å².